The molecule has 2 atom stereocenters. The third-order valence-corrected chi connectivity index (χ3v) is 4.81. The fourth-order valence-corrected chi connectivity index (χ4v) is 3.60. The number of nitrogens with zero attached hydrogens (tertiary/aromatic N) is 3. The van der Waals surface area contributed by atoms with Gasteiger partial charge in [-0.2, -0.15) is 5.10 Å². The van der Waals surface area contributed by atoms with E-state index in [0.717, 1.165) is 19.6 Å². The lowest BCUT2D eigenvalue weighted by Gasteiger charge is -2.35. The summed E-state index contributed by atoms with van der Waals surface area (Å²) in [5, 5.41) is 7.63. The van der Waals surface area contributed by atoms with Crippen molar-refractivity contribution in [1.29, 1.82) is 0 Å². The molecule has 1 aliphatic carbocycles. The van der Waals surface area contributed by atoms with Crippen LogP contribution in [0.1, 0.15) is 69.6 Å². The number of ether oxygens (including phenoxy) is 1. The predicted octanol–water partition coefficient (Wildman–Crippen LogP) is 2.35. The molecule has 0 bridgehead atoms. The van der Waals surface area contributed by atoms with Gasteiger partial charge in [-0.25, -0.2) is 0 Å². The maximum Gasteiger partial charge on any atom is 0.271 e. The maximum absolute atomic E-state index is 12.5. The Morgan fingerprint density at radius 1 is 1.28 bits per heavy atom. The Labute approximate surface area is 150 Å². The van der Waals surface area contributed by atoms with Crippen LogP contribution in [-0.2, 0) is 10.3 Å². The van der Waals surface area contributed by atoms with Crippen molar-refractivity contribution in [2.45, 2.75) is 71.1 Å². The molecule has 1 amide bonds. The lowest BCUT2D eigenvalue weighted by Crippen LogP contribution is -2.47. The molecule has 1 saturated heterocycles. The smallest absolute Gasteiger partial charge is 0.271 e. The van der Waals surface area contributed by atoms with Gasteiger partial charge in [0.25, 0.3) is 5.91 Å². The van der Waals surface area contributed by atoms with E-state index in [1.54, 1.807) is 0 Å². The van der Waals surface area contributed by atoms with Crippen LogP contribution in [-0.4, -0.2) is 59.0 Å². The van der Waals surface area contributed by atoms with Gasteiger partial charge >= 0.3 is 0 Å². The average Bonchev–Trinajstić information content (AvgIpc) is 3.23. The van der Waals surface area contributed by atoms with Gasteiger partial charge in [0.15, 0.2) is 0 Å². The molecule has 3 rings (SSSR count). The summed E-state index contributed by atoms with van der Waals surface area (Å²) in [5.41, 5.74) is 1.64. The Balaban J connectivity index is 1.56. The molecule has 0 radical (unpaired) electrons. The summed E-state index contributed by atoms with van der Waals surface area (Å²) >= 11 is 0. The quantitative estimate of drug-likeness (QED) is 0.887. The molecule has 1 saturated carbocycles. The van der Waals surface area contributed by atoms with Crippen molar-refractivity contribution < 1.29 is 9.53 Å². The normalized spacial score (nSPS) is 25.2. The number of hydrogen-bond donors (Lipinski definition) is 1. The van der Waals surface area contributed by atoms with Gasteiger partial charge in [-0.1, -0.05) is 0 Å². The van der Waals surface area contributed by atoms with E-state index in [1.807, 2.05) is 10.7 Å². The van der Waals surface area contributed by atoms with Crippen LogP contribution in [0.25, 0.3) is 0 Å². The topological polar surface area (TPSA) is 59.4 Å². The van der Waals surface area contributed by atoms with E-state index in [2.05, 4.69) is 49.9 Å². The van der Waals surface area contributed by atoms with E-state index in [1.165, 1.54) is 18.5 Å². The average molecular weight is 348 g/mol. The highest BCUT2D eigenvalue weighted by atomic mass is 16.5. The zero-order valence-corrected chi connectivity index (χ0v) is 16.2. The molecule has 2 aliphatic rings. The van der Waals surface area contributed by atoms with Gasteiger partial charge in [0.2, 0.25) is 0 Å². The van der Waals surface area contributed by atoms with Crippen molar-refractivity contribution in [3.8, 4) is 0 Å². The molecule has 0 spiro atoms. The molecule has 1 aromatic heterocycles. The summed E-state index contributed by atoms with van der Waals surface area (Å²) in [7, 11) is 0. The Morgan fingerprint density at radius 3 is 2.48 bits per heavy atom. The van der Waals surface area contributed by atoms with Crippen LogP contribution in [0, 0.1) is 0 Å². The van der Waals surface area contributed by atoms with E-state index >= 15 is 0 Å². The first kappa shape index (κ1) is 18.4. The lowest BCUT2D eigenvalue weighted by atomic mass is 10.1. The standard InChI is InChI=1S/C19H32N4O2/c1-13-11-22(12-14(2)25-13)9-8-20-18(24)16-10-17(15-6-7-15)23(21-16)19(3,4)5/h10,13-15H,6-9,11-12H2,1-5H3,(H,20,24)/t13-,14+. The van der Waals surface area contributed by atoms with Crippen LogP contribution >= 0.6 is 0 Å². The number of rotatable bonds is 5. The van der Waals surface area contributed by atoms with Crippen LogP contribution in [0.2, 0.25) is 0 Å². The fourth-order valence-electron chi connectivity index (χ4n) is 3.60. The van der Waals surface area contributed by atoms with Crippen LogP contribution in [0.4, 0.5) is 0 Å². The molecule has 1 aromatic rings. The zero-order valence-electron chi connectivity index (χ0n) is 16.2. The van der Waals surface area contributed by atoms with E-state index in [9.17, 15) is 4.79 Å². The van der Waals surface area contributed by atoms with Gasteiger partial charge in [0, 0.05) is 37.8 Å². The number of amides is 1. The molecule has 1 aliphatic heterocycles. The second kappa shape index (κ2) is 7.08. The Kier molecular flexibility index (Phi) is 5.21. The molecule has 25 heavy (non-hydrogen) atoms. The first-order valence-corrected chi connectivity index (χ1v) is 9.50. The van der Waals surface area contributed by atoms with Gasteiger partial charge in [0.1, 0.15) is 5.69 Å². The monoisotopic (exact) mass is 348 g/mol. The molecule has 140 valence electrons. The first-order chi connectivity index (χ1) is 11.7. The fraction of sp³-hybridized carbons (Fsp3) is 0.789. The minimum Gasteiger partial charge on any atom is -0.373 e. The number of carbonyl (C=O) groups is 1. The van der Waals surface area contributed by atoms with Gasteiger partial charge in [-0.15, -0.1) is 0 Å². The predicted molar refractivity (Wildman–Crippen MR) is 98.0 cm³/mol. The molecule has 0 aromatic carbocycles. The van der Waals surface area contributed by atoms with Crippen molar-refractivity contribution in [3.05, 3.63) is 17.5 Å². The Hall–Kier alpha value is -1.40. The molecular weight excluding hydrogens is 316 g/mol. The molecule has 0 unspecified atom stereocenters. The SMILES string of the molecule is C[C@@H]1CN(CCNC(=O)c2cc(C3CC3)n(C(C)(C)C)n2)C[C@H](C)O1. The van der Waals surface area contributed by atoms with E-state index in [0.29, 0.717) is 18.2 Å². The highest BCUT2D eigenvalue weighted by molar-refractivity contribution is 5.92. The Bertz CT molecular complexity index is 605. The van der Waals surface area contributed by atoms with Gasteiger partial charge < -0.3 is 10.1 Å². The summed E-state index contributed by atoms with van der Waals surface area (Å²) in [6.07, 6.45) is 2.91. The second-order valence-corrected chi connectivity index (χ2v) is 8.58. The van der Waals surface area contributed by atoms with E-state index < -0.39 is 0 Å². The van der Waals surface area contributed by atoms with Gasteiger partial charge in [-0.05, 0) is 53.5 Å². The number of nitrogens with one attached hydrogen (secondary N) is 1. The zero-order chi connectivity index (χ0) is 18.2. The maximum atomic E-state index is 12.5. The third-order valence-electron chi connectivity index (χ3n) is 4.81. The molecular formula is C19H32N4O2. The van der Waals surface area contributed by atoms with Crippen molar-refractivity contribution >= 4 is 5.91 Å². The third kappa shape index (κ3) is 4.61. The molecule has 6 nitrogen and oxygen atoms in total. The van der Waals surface area contributed by atoms with Crippen LogP contribution in [0.15, 0.2) is 6.07 Å². The summed E-state index contributed by atoms with van der Waals surface area (Å²) in [4.78, 5) is 14.9. The van der Waals surface area contributed by atoms with Crippen molar-refractivity contribution in [2.24, 2.45) is 0 Å². The lowest BCUT2D eigenvalue weighted by molar-refractivity contribution is -0.0672. The summed E-state index contributed by atoms with van der Waals surface area (Å²) < 4.78 is 7.78. The highest BCUT2D eigenvalue weighted by Gasteiger charge is 2.32. The summed E-state index contributed by atoms with van der Waals surface area (Å²) in [5.74, 6) is 0.504. The molecule has 2 heterocycles. The van der Waals surface area contributed by atoms with Crippen LogP contribution in [0.5, 0.6) is 0 Å². The minimum absolute atomic E-state index is 0.0701. The van der Waals surface area contributed by atoms with Crippen molar-refractivity contribution in [3.63, 3.8) is 0 Å². The van der Waals surface area contributed by atoms with Crippen LogP contribution in [0.3, 0.4) is 0 Å². The van der Waals surface area contributed by atoms with Crippen LogP contribution < -0.4 is 5.32 Å². The van der Waals surface area contributed by atoms with E-state index in [-0.39, 0.29) is 23.7 Å². The number of morpholine rings is 1. The minimum atomic E-state index is -0.101. The molecule has 1 N–H and O–H groups in total. The largest absolute Gasteiger partial charge is 0.373 e. The molecule has 2 fully saturated rings. The van der Waals surface area contributed by atoms with Crippen molar-refractivity contribution in [1.82, 2.24) is 20.0 Å². The second-order valence-electron chi connectivity index (χ2n) is 8.58. The summed E-state index contributed by atoms with van der Waals surface area (Å²) in [6.45, 7) is 13.9. The van der Waals surface area contributed by atoms with Gasteiger partial charge in [-0.3, -0.25) is 14.4 Å². The number of hydrogen-bond acceptors (Lipinski definition) is 4. The van der Waals surface area contributed by atoms with Crippen molar-refractivity contribution in [2.75, 3.05) is 26.2 Å². The first-order valence-electron chi connectivity index (χ1n) is 9.50. The van der Waals surface area contributed by atoms with E-state index in [4.69, 9.17) is 4.74 Å². The highest BCUT2D eigenvalue weighted by Crippen LogP contribution is 2.41. The summed E-state index contributed by atoms with van der Waals surface area (Å²) in [6, 6.07) is 1.98. The van der Waals surface area contributed by atoms with Gasteiger partial charge in [0.05, 0.1) is 17.7 Å². The number of aromatic nitrogens is 2. The number of carbonyl (C=O) groups excluding carboxylic acids is 1. The molecule has 6 heteroatoms. The Morgan fingerprint density at radius 2 is 1.92 bits per heavy atom.